The third kappa shape index (κ3) is 21.4. The van der Waals surface area contributed by atoms with Crippen LogP contribution in [0, 0.1) is 17.2 Å². The summed E-state index contributed by atoms with van der Waals surface area (Å²) in [7, 11) is 0. The van der Waals surface area contributed by atoms with Crippen molar-refractivity contribution in [1.29, 1.82) is 5.41 Å². The van der Waals surface area contributed by atoms with Crippen LogP contribution in [0.25, 0.3) is 0 Å². The fourth-order valence-corrected chi connectivity index (χ4v) is 7.62. The number of ether oxygens (including phenoxy) is 2. The van der Waals surface area contributed by atoms with Gasteiger partial charge in [-0.3, -0.25) is 10.2 Å². The van der Waals surface area contributed by atoms with E-state index in [4.69, 9.17) is 14.9 Å². The van der Waals surface area contributed by atoms with Crippen LogP contribution in [0.2, 0.25) is 0 Å². The molecular weight excluding hydrogens is 560 g/mol. The molecule has 2 N–H and O–H groups in total. The molecule has 264 valence electrons. The van der Waals surface area contributed by atoms with Crippen molar-refractivity contribution in [3.05, 3.63) is 0 Å². The van der Waals surface area contributed by atoms with Gasteiger partial charge in [0.2, 0.25) is 0 Å². The highest BCUT2D eigenvalue weighted by molar-refractivity contribution is 5.72. The van der Waals surface area contributed by atoms with Crippen LogP contribution in [0.5, 0.6) is 0 Å². The Morgan fingerprint density at radius 2 is 1.18 bits per heavy atom. The van der Waals surface area contributed by atoms with Crippen LogP contribution in [-0.2, 0) is 14.3 Å². The summed E-state index contributed by atoms with van der Waals surface area (Å²) in [6, 6.07) is 0. The number of nitrogens with one attached hydrogen (secondary N) is 1. The molecule has 0 atom stereocenters. The van der Waals surface area contributed by atoms with Crippen molar-refractivity contribution < 1.29 is 19.4 Å². The van der Waals surface area contributed by atoms with Crippen molar-refractivity contribution in [3.63, 3.8) is 0 Å². The first kappa shape index (κ1) is 40.0. The topological polar surface area (TPSA) is 82.9 Å². The van der Waals surface area contributed by atoms with Crippen molar-refractivity contribution in [2.24, 2.45) is 11.8 Å². The predicted molar refractivity (Wildman–Crippen MR) is 189 cm³/mol. The van der Waals surface area contributed by atoms with Gasteiger partial charge in [-0.25, -0.2) is 0 Å². The third-order valence-electron chi connectivity index (χ3n) is 10.5. The Morgan fingerprint density at radius 3 is 1.80 bits per heavy atom. The van der Waals surface area contributed by atoms with Crippen LogP contribution in [0.4, 0.5) is 0 Å². The standard InChI is InChI=1S/C39H74N2O4/c1-2-3-4-5-6-13-21-34-44-39(43)25-18-10-8-12-20-31-41(32-33-42)30-19-11-7-9-17-24-38(40)45-37-28-26-36(27-29-37)35-22-15-14-16-23-35/h35-37,40,42H,2-34H2,1H3. The first-order valence-corrected chi connectivity index (χ1v) is 19.8. The number of carbonyl (C=O) groups is 1. The lowest BCUT2D eigenvalue weighted by molar-refractivity contribution is -0.143. The second-order valence-corrected chi connectivity index (χ2v) is 14.4. The predicted octanol–water partition coefficient (Wildman–Crippen LogP) is 10.4. The van der Waals surface area contributed by atoms with Crippen LogP contribution in [-0.4, -0.2) is 60.8 Å². The van der Waals surface area contributed by atoms with E-state index < -0.39 is 0 Å². The maximum Gasteiger partial charge on any atom is 0.305 e. The normalized spacial score (nSPS) is 19.2. The number of nitrogens with zero attached hydrogens (tertiary/aromatic N) is 1. The molecule has 0 radical (unpaired) electrons. The molecule has 6 heteroatoms. The van der Waals surface area contributed by atoms with Gasteiger partial charge >= 0.3 is 5.97 Å². The number of carbonyl (C=O) groups excluding carboxylic acids is 1. The molecule has 0 bridgehead atoms. The Bertz CT molecular complexity index is 703. The summed E-state index contributed by atoms with van der Waals surface area (Å²) < 4.78 is 11.5. The molecule has 6 nitrogen and oxygen atoms in total. The molecule has 0 aromatic rings. The van der Waals surface area contributed by atoms with Gasteiger partial charge in [0.15, 0.2) is 5.90 Å². The third-order valence-corrected chi connectivity index (χ3v) is 10.5. The molecule has 45 heavy (non-hydrogen) atoms. The zero-order valence-electron chi connectivity index (χ0n) is 29.7. The Labute approximate surface area is 278 Å². The van der Waals surface area contributed by atoms with E-state index in [0.717, 1.165) is 82.8 Å². The number of aliphatic hydroxyl groups is 1. The van der Waals surface area contributed by atoms with Gasteiger partial charge in [0, 0.05) is 19.4 Å². The van der Waals surface area contributed by atoms with Gasteiger partial charge in [0.05, 0.1) is 13.2 Å². The second kappa shape index (κ2) is 27.9. The average molecular weight is 635 g/mol. The molecule has 0 saturated heterocycles. The molecule has 0 aromatic heterocycles. The molecule has 0 unspecified atom stereocenters. The highest BCUT2D eigenvalue weighted by Crippen LogP contribution is 2.39. The van der Waals surface area contributed by atoms with Gasteiger partial charge in [-0.05, 0) is 82.7 Å². The summed E-state index contributed by atoms with van der Waals surface area (Å²) in [5.74, 6) is 2.39. The number of esters is 1. The van der Waals surface area contributed by atoms with E-state index in [2.05, 4.69) is 11.8 Å². The minimum absolute atomic E-state index is 0.0244. The van der Waals surface area contributed by atoms with Crippen LogP contribution >= 0.6 is 0 Å². The molecule has 0 spiro atoms. The van der Waals surface area contributed by atoms with E-state index >= 15 is 0 Å². The number of unbranched alkanes of at least 4 members (excludes halogenated alkanes) is 14. The number of hydrogen-bond donors (Lipinski definition) is 2. The van der Waals surface area contributed by atoms with E-state index in [-0.39, 0.29) is 12.6 Å². The summed E-state index contributed by atoms with van der Waals surface area (Å²) in [5, 5.41) is 17.8. The number of hydrogen-bond acceptors (Lipinski definition) is 6. The molecule has 0 heterocycles. The summed E-state index contributed by atoms with van der Waals surface area (Å²) >= 11 is 0. The maximum absolute atomic E-state index is 11.9. The SMILES string of the molecule is CCCCCCCCCOC(=O)CCCCCCCN(CCO)CCCCCCCC(=N)OC1CCC(C2CCCCC2)CC1. The molecule has 2 saturated carbocycles. The summed E-state index contributed by atoms with van der Waals surface area (Å²) in [6.45, 7) is 5.94. The highest BCUT2D eigenvalue weighted by Gasteiger charge is 2.29. The van der Waals surface area contributed by atoms with Crippen LogP contribution in [0.1, 0.15) is 187 Å². The van der Waals surface area contributed by atoms with E-state index in [9.17, 15) is 9.90 Å². The monoisotopic (exact) mass is 635 g/mol. The Balaban J connectivity index is 1.36. The van der Waals surface area contributed by atoms with Crippen LogP contribution in [0.3, 0.4) is 0 Å². The Hall–Kier alpha value is -1.14. The lowest BCUT2D eigenvalue weighted by Crippen LogP contribution is -2.29. The van der Waals surface area contributed by atoms with Crippen molar-refractivity contribution in [1.82, 2.24) is 4.90 Å². The van der Waals surface area contributed by atoms with Crippen LogP contribution < -0.4 is 0 Å². The Morgan fingerprint density at radius 1 is 0.644 bits per heavy atom. The smallest absolute Gasteiger partial charge is 0.305 e. The number of rotatable bonds is 28. The van der Waals surface area contributed by atoms with Gasteiger partial charge in [0.25, 0.3) is 0 Å². The van der Waals surface area contributed by atoms with E-state index in [1.807, 2.05) is 0 Å². The molecule has 2 rings (SSSR count). The van der Waals surface area contributed by atoms with Gasteiger partial charge in [-0.2, -0.15) is 0 Å². The zero-order chi connectivity index (χ0) is 32.2. The maximum atomic E-state index is 11.9. The summed E-state index contributed by atoms with van der Waals surface area (Å²) in [5.41, 5.74) is 0. The second-order valence-electron chi connectivity index (χ2n) is 14.4. The van der Waals surface area contributed by atoms with Gasteiger partial charge in [-0.15, -0.1) is 0 Å². The van der Waals surface area contributed by atoms with Crippen molar-refractivity contribution in [3.8, 4) is 0 Å². The molecular formula is C39H74N2O4. The molecule has 2 aliphatic carbocycles. The fourth-order valence-electron chi connectivity index (χ4n) is 7.62. The average Bonchev–Trinajstić information content (AvgIpc) is 3.05. The van der Waals surface area contributed by atoms with Crippen molar-refractivity contribution in [2.45, 2.75) is 193 Å². The summed E-state index contributed by atoms with van der Waals surface area (Å²) in [4.78, 5) is 14.3. The molecule has 2 aliphatic rings. The van der Waals surface area contributed by atoms with E-state index in [1.165, 1.54) is 122 Å². The lowest BCUT2D eigenvalue weighted by Gasteiger charge is -2.35. The largest absolute Gasteiger partial charge is 0.478 e. The first-order chi connectivity index (χ1) is 22.1. The minimum Gasteiger partial charge on any atom is -0.478 e. The fraction of sp³-hybridized carbons (Fsp3) is 0.949. The van der Waals surface area contributed by atoms with Crippen LogP contribution in [0.15, 0.2) is 0 Å². The highest BCUT2D eigenvalue weighted by atomic mass is 16.5. The van der Waals surface area contributed by atoms with Gasteiger partial charge < -0.3 is 19.5 Å². The molecule has 0 aliphatic heterocycles. The van der Waals surface area contributed by atoms with Gasteiger partial charge in [0.1, 0.15) is 6.10 Å². The Kier molecular flexibility index (Phi) is 24.8. The molecule has 0 amide bonds. The van der Waals surface area contributed by atoms with Crippen molar-refractivity contribution in [2.75, 3.05) is 32.8 Å². The van der Waals surface area contributed by atoms with Crippen molar-refractivity contribution >= 4 is 11.9 Å². The minimum atomic E-state index is -0.0244. The number of aliphatic hydroxyl groups excluding tert-OH is 1. The zero-order valence-corrected chi connectivity index (χ0v) is 29.7. The quantitative estimate of drug-likeness (QED) is 0.0387. The van der Waals surface area contributed by atoms with Gasteiger partial charge in [-0.1, -0.05) is 116 Å². The molecule has 2 fully saturated rings. The lowest BCUT2D eigenvalue weighted by atomic mass is 9.73. The van der Waals surface area contributed by atoms with E-state index in [0.29, 0.717) is 25.0 Å². The van der Waals surface area contributed by atoms with E-state index in [1.54, 1.807) is 0 Å². The summed E-state index contributed by atoms with van der Waals surface area (Å²) in [6.07, 6.45) is 33.9. The first-order valence-electron chi connectivity index (χ1n) is 19.8. The molecule has 0 aromatic carbocycles.